The summed E-state index contributed by atoms with van der Waals surface area (Å²) in [6.07, 6.45) is 0. The summed E-state index contributed by atoms with van der Waals surface area (Å²) >= 11 is -0.190. The molecule has 1 aromatic carbocycles. The molecule has 3 atom stereocenters. The van der Waals surface area contributed by atoms with Crippen LogP contribution < -0.4 is 0 Å². The van der Waals surface area contributed by atoms with E-state index in [9.17, 15) is 5.26 Å². The Morgan fingerprint density at radius 1 is 1.18 bits per heavy atom. The number of nitrogens with zero attached hydrogens (tertiary/aromatic N) is 3. The number of benzene rings is 1. The van der Waals surface area contributed by atoms with Gasteiger partial charge in [-0.25, -0.2) is 0 Å². The van der Waals surface area contributed by atoms with E-state index in [1.807, 2.05) is 32.3 Å². The summed E-state index contributed by atoms with van der Waals surface area (Å²) in [5.41, 5.74) is 1.17. The van der Waals surface area contributed by atoms with E-state index in [0.29, 0.717) is 0 Å². The molecule has 3 nitrogen and oxygen atoms in total. The molecule has 0 aliphatic carbocycles. The zero-order valence-corrected chi connectivity index (χ0v) is 11.7. The van der Waals surface area contributed by atoms with E-state index >= 15 is 0 Å². The average molecular weight is 286 g/mol. The fourth-order valence-corrected chi connectivity index (χ4v) is 5.64. The number of rotatable bonds is 2. The summed E-state index contributed by atoms with van der Waals surface area (Å²) in [5.74, 6) is -0.204. The van der Waals surface area contributed by atoms with E-state index in [2.05, 4.69) is 29.2 Å². The van der Waals surface area contributed by atoms with Gasteiger partial charge in [0.25, 0.3) is 0 Å². The van der Waals surface area contributed by atoms with Crippen LogP contribution >= 0.6 is 0 Å². The van der Waals surface area contributed by atoms with Crippen molar-refractivity contribution in [2.45, 2.75) is 9.03 Å². The molecule has 1 heterocycles. The fraction of sp³-hybridized carbons (Fsp3) is 0.385. The van der Waals surface area contributed by atoms with E-state index in [1.165, 1.54) is 5.56 Å². The predicted molar refractivity (Wildman–Crippen MR) is 66.0 cm³/mol. The molecule has 0 amide bonds. The molecule has 2 rings (SSSR count). The Balaban J connectivity index is 2.45. The van der Waals surface area contributed by atoms with Gasteiger partial charge in [0, 0.05) is 0 Å². The number of hydrogen-bond acceptors (Lipinski definition) is 3. The first-order chi connectivity index (χ1) is 8.16. The first-order valence-corrected chi connectivity index (χ1v) is 7.43. The standard InChI is InChI=1S/C13H13AsN3/c1-17(2)13(10-6-4-3-5-7-10)11(8-15)12(9-16)14-13/h3-7,11-12H,1-2H3/t11-,12-,13-/m0/s1. The van der Waals surface area contributed by atoms with Gasteiger partial charge in [-0.2, -0.15) is 0 Å². The van der Waals surface area contributed by atoms with E-state index < -0.39 is 0 Å². The molecule has 1 aromatic rings. The van der Waals surface area contributed by atoms with Gasteiger partial charge in [-0.15, -0.1) is 0 Å². The van der Waals surface area contributed by atoms with Gasteiger partial charge in [0.05, 0.1) is 0 Å². The van der Waals surface area contributed by atoms with Gasteiger partial charge in [0.15, 0.2) is 0 Å². The normalized spacial score (nSPS) is 32.8. The third-order valence-corrected chi connectivity index (χ3v) is 7.48. The second-order valence-corrected chi connectivity index (χ2v) is 7.44. The molecule has 0 spiro atoms. The van der Waals surface area contributed by atoms with E-state index in [-0.39, 0.29) is 30.7 Å². The van der Waals surface area contributed by atoms with Crippen LogP contribution in [-0.4, -0.2) is 34.7 Å². The second-order valence-electron chi connectivity index (χ2n) is 4.30. The summed E-state index contributed by atoms with van der Waals surface area (Å²) in [7, 11) is 4.00. The molecule has 0 unspecified atom stereocenters. The molecular weight excluding hydrogens is 273 g/mol. The van der Waals surface area contributed by atoms with E-state index in [0.717, 1.165) is 0 Å². The van der Waals surface area contributed by atoms with Gasteiger partial charge in [-0.1, -0.05) is 0 Å². The second kappa shape index (κ2) is 4.53. The molecular formula is C13H13AsN3. The zero-order chi connectivity index (χ0) is 12.5. The molecule has 0 N–H and O–H groups in total. The minimum atomic E-state index is -0.204. The van der Waals surface area contributed by atoms with Crippen LogP contribution in [0, 0.1) is 28.6 Å². The van der Waals surface area contributed by atoms with E-state index in [1.54, 1.807) is 0 Å². The maximum atomic E-state index is 9.32. The molecule has 0 bridgehead atoms. The zero-order valence-electron chi connectivity index (χ0n) is 9.83. The van der Waals surface area contributed by atoms with Crippen molar-refractivity contribution in [2.75, 3.05) is 14.1 Å². The Kier molecular flexibility index (Phi) is 3.25. The quantitative estimate of drug-likeness (QED) is 0.775. The third-order valence-electron chi connectivity index (χ3n) is 3.24. The Bertz CT molecular complexity index is 486. The van der Waals surface area contributed by atoms with Crippen LogP contribution in [0.5, 0.6) is 0 Å². The van der Waals surface area contributed by atoms with Crippen molar-refractivity contribution in [2.24, 2.45) is 5.92 Å². The molecule has 1 aliphatic rings. The van der Waals surface area contributed by atoms with Gasteiger partial charge in [-0.3, -0.25) is 0 Å². The molecule has 4 heteroatoms. The van der Waals surface area contributed by atoms with Crippen molar-refractivity contribution in [1.29, 1.82) is 10.5 Å². The van der Waals surface area contributed by atoms with Gasteiger partial charge in [0.2, 0.25) is 0 Å². The molecule has 0 saturated carbocycles. The number of hydrogen-bond donors (Lipinski definition) is 0. The average Bonchev–Trinajstić information content (AvgIpc) is 2.30. The maximum absolute atomic E-state index is 9.32. The Hall–Kier alpha value is -1.28. The Morgan fingerprint density at radius 2 is 1.82 bits per heavy atom. The summed E-state index contributed by atoms with van der Waals surface area (Å²) in [4.78, 5) is 2.12. The van der Waals surface area contributed by atoms with Crippen molar-refractivity contribution in [3.63, 3.8) is 0 Å². The predicted octanol–water partition coefficient (Wildman–Crippen LogP) is 1.57. The monoisotopic (exact) mass is 286 g/mol. The Labute approximate surface area is 108 Å². The van der Waals surface area contributed by atoms with Crippen molar-refractivity contribution in [3.05, 3.63) is 35.9 Å². The van der Waals surface area contributed by atoms with Crippen molar-refractivity contribution in [3.8, 4) is 12.1 Å². The van der Waals surface area contributed by atoms with E-state index in [4.69, 9.17) is 5.26 Å². The molecule has 1 aliphatic heterocycles. The molecule has 85 valence electrons. The van der Waals surface area contributed by atoms with Crippen LogP contribution in [0.2, 0.25) is 4.71 Å². The summed E-state index contributed by atoms with van der Waals surface area (Å²) in [6.45, 7) is 0. The van der Waals surface area contributed by atoms with Gasteiger partial charge < -0.3 is 0 Å². The molecule has 0 aromatic heterocycles. The van der Waals surface area contributed by atoms with Crippen molar-refractivity contribution in [1.82, 2.24) is 4.90 Å². The van der Waals surface area contributed by atoms with Gasteiger partial charge >= 0.3 is 108 Å². The summed E-state index contributed by atoms with van der Waals surface area (Å²) in [6, 6.07) is 14.7. The summed E-state index contributed by atoms with van der Waals surface area (Å²) < 4.78 is -0.258. The number of nitriles is 2. The Morgan fingerprint density at radius 3 is 2.29 bits per heavy atom. The summed E-state index contributed by atoms with van der Waals surface area (Å²) in [5, 5.41) is 18.4. The molecule has 1 saturated heterocycles. The topological polar surface area (TPSA) is 50.8 Å². The van der Waals surface area contributed by atoms with Gasteiger partial charge in [-0.05, 0) is 0 Å². The van der Waals surface area contributed by atoms with Crippen LogP contribution in [0.15, 0.2) is 30.3 Å². The van der Waals surface area contributed by atoms with Crippen LogP contribution in [-0.2, 0) is 4.33 Å². The van der Waals surface area contributed by atoms with Crippen molar-refractivity contribution < 1.29 is 0 Å². The van der Waals surface area contributed by atoms with Crippen LogP contribution in [0.3, 0.4) is 0 Å². The van der Waals surface area contributed by atoms with Crippen LogP contribution in [0.25, 0.3) is 0 Å². The van der Waals surface area contributed by atoms with Crippen LogP contribution in [0.1, 0.15) is 5.56 Å². The van der Waals surface area contributed by atoms with Crippen LogP contribution in [0.4, 0.5) is 0 Å². The van der Waals surface area contributed by atoms with Crippen molar-refractivity contribution >= 4 is 15.8 Å². The molecule has 1 radical (unpaired) electrons. The third kappa shape index (κ3) is 1.67. The molecule has 1 fully saturated rings. The SMILES string of the molecule is CN(C)[C@]1(c2ccccc2)[As][C@@H](C#N)[C@@H]1C#N. The first-order valence-electron chi connectivity index (χ1n) is 5.41. The molecule has 17 heavy (non-hydrogen) atoms. The first kappa shape index (κ1) is 12.2. The fourth-order valence-electron chi connectivity index (χ4n) is 2.36. The minimum absolute atomic E-state index is 0.0566. The van der Waals surface area contributed by atoms with Gasteiger partial charge in [0.1, 0.15) is 0 Å².